The molecule has 2 nitrogen and oxygen atoms in total. The number of benzene rings is 1. The SMILES string of the molecule is Cc1ccc(N2CC=C(C#N)CC2)cc1Cl. The minimum absolute atomic E-state index is 0.794. The Balaban J connectivity index is 2.18. The molecule has 0 amide bonds. The highest BCUT2D eigenvalue weighted by molar-refractivity contribution is 6.31. The van der Waals surface area contributed by atoms with Crippen molar-refractivity contribution in [2.24, 2.45) is 0 Å². The Hall–Kier alpha value is -1.46. The van der Waals surface area contributed by atoms with Crippen LogP contribution in [0.3, 0.4) is 0 Å². The van der Waals surface area contributed by atoms with Crippen molar-refractivity contribution in [3.63, 3.8) is 0 Å². The number of halogens is 1. The van der Waals surface area contributed by atoms with Gasteiger partial charge in [0.25, 0.3) is 0 Å². The van der Waals surface area contributed by atoms with Gasteiger partial charge in [-0.15, -0.1) is 0 Å². The Morgan fingerprint density at radius 1 is 1.44 bits per heavy atom. The van der Waals surface area contributed by atoms with E-state index in [4.69, 9.17) is 16.9 Å². The van der Waals surface area contributed by atoms with Crippen LogP contribution in [0.4, 0.5) is 5.69 Å². The third-order valence-electron chi connectivity index (χ3n) is 2.87. The molecule has 0 atom stereocenters. The van der Waals surface area contributed by atoms with Crippen LogP contribution in [-0.2, 0) is 0 Å². The second kappa shape index (κ2) is 4.59. The number of rotatable bonds is 1. The molecule has 0 unspecified atom stereocenters. The standard InChI is InChI=1S/C13H13ClN2/c1-10-2-3-12(8-13(10)14)16-6-4-11(9-15)5-7-16/h2-4,8H,5-7H2,1H3. The van der Waals surface area contributed by atoms with E-state index in [1.54, 1.807) is 0 Å². The Morgan fingerprint density at radius 2 is 2.25 bits per heavy atom. The second-order valence-corrected chi connectivity index (χ2v) is 4.38. The fourth-order valence-corrected chi connectivity index (χ4v) is 1.96. The first-order valence-corrected chi connectivity index (χ1v) is 5.69. The molecule has 0 N–H and O–H groups in total. The Morgan fingerprint density at radius 3 is 2.81 bits per heavy atom. The number of nitriles is 1. The zero-order valence-electron chi connectivity index (χ0n) is 9.20. The highest BCUT2D eigenvalue weighted by atomic mass is 35.5. The molecule has 0 fully saturated rings. The van der Waals surface area contributed by atoms with Crippen molar-refractivity contribution in [1.82, 2.24) is 0 Å². The summed E-state index contributed by atoms with van der Waals surface area (Å²) < 4.78 is 0. The topological polar surface area (TPSA) is 27.0 Å². The smallest absolute Gasteiger partial charge is 0.0945 e. The lowest BCUT2D eigenvalue weighted by atomic mass is 10.1. The lowest BCUT2D eigenvalue weighted by Gasteiger charge is -2.27. The molecule has 16 heavy (non-hydrogen) atoms. The van der Waals surface area contributed by atoms with Gasteiger partial charge in [-0.3, -0.25) is 0 Å². The highest BCUT2D eigenvalue weighted by Crippen LogP contribution is 2.25. The van der Waals surface area contributed by atoms with Gasteiger partial charge in [-0.05, 0) is 31.0 Å². The van der Waals surface area contributed by atoms with Crippen molar-refractivity contribution >= 4 is 17.3 Å². The summed E-state index contributed by atoms with van der Waals surface area (Å²) in [4.78, 5) is 2.23. The highest BCUT2D eigenvalue weighted by Gasteiger charge is 2.12. The molecule has 0 radical (unpaired) electrons. The van der Waals surface area contributed by atoms with Gasteiger partial charge >= 0.3 is 0 Å². The monoisotopic (exact) mass is 232 g/mol. The fourth-order valence-electron chi connectivity index (χ4n) is 1.78. The van der Waals surface area contributed by atoms with Gasteiger partial charge in [0.1, 0.15) is 0 Å². The van der Waals surface area contributed by atoms with Crippen molar-refractivity contribution in [1.29, 1.82) is 5.26 Å². The van der Waals surface area contributed by atoms with Crippen molar-refractivity contribution in [2.45, 2.75) is 13.3 Å². The number of nitrogens with zero attached hydrogens (tertiary/aromatic N) is 2. The fraction of sp³-hybridized carbons (Fsp3) is 0.308. The van der Waals surface area contributed by atoms with Gasteiger partial charge in [-0.2, -0.15) is 5.26 Å². The third kappa shape index (κ3) is 2.20. The Kier molecular flexibility index (Phi) is 3.17. The van der Waals surface area contributed by atoms with Crippen molar-refractivity contribution in [2.75, 3.05) is 18.0 Å². The summed E-state index contributed by atoms with van der Waals surface area (Å²) in [5.74, 6) is 0. The summed E-state index contributed by atoms with van der Waals surface area (Å²) in [6, 6.07) is 8.30. The number of hydrogen-bond donors (Lipinski definition) is 0. The van der Waals surface area contributed by atoms with Crippen molar-refractivity contribution in [3.05, 3.63) is 40.4 Å². The van der Waals surface area contributed by atoms with Crippen LogP contribution in [0.1, 0.15) is 12.0 Å². The van der Waals surface area contributed by atoms with Crippen molar-refractivity contribution < 1.29 is 0 Å². The molecule has 1 aliphatic heterocycles. The van der Waals surface area contributed by atoms with Crippen LogP contribution < -0.4 is 4.90 Å². The molecule has 3 heteroatoms. The maximum absolute atomic E-state index is 8.77. The van der Waals surface area contributed by atoms with Crippen LogP contribution >= 0.6 is 11.6 Å². The molecule has 0 aromatic heterocycles. The van der Waals surface area contributed by atoms with E-state index >= 15 is 0 Å². The van der Waals surface area contributed by atoms with E-state index in [-0.39, 0.29) is 0 Å². The molecule has 82 valence electrons. The summed E-state index contributed by atoms with van der Waals surface area (Å²) >= 11 is 6.09. The van der Waals surface area contributed by atoms with E-state index in [1.165, 1.54) is 0 Å². The van der Waals surface area contributed by atoms with E-state index in [0.717, 1.165) is 41.4 Å². The maximum atomic E-state index is 8.77. The maximum Gasteiger partial charge on any atom is 0.0945 e. The predicted octanol–water partition coefficient (Wildman–Crippen LogP) is 3.31. The van der Waals surface area contributed by atoms with Crippen LogP contribution in [0.5, 0.6) is 0 Å². The zero-order valence-corrected chi connectivity index (χ0v) is 9.96. The first-order valence-electron chi connectivity index (χ1n) is 5.31. The molecular formula is C13H13ClN2. The normalized spacial score (nSPS) is 15.6. The molecule has 1 aromatic carbocycles. The summed E-state index contributed by atoms with van der Waals surface area (Å²) in [7, 11) is 0. The van der Waals surface area contributed by atoms with Gasteiger partial charge < -0.3 is 4.90 Å². The van der Waals surface area contributed by atoms with Crippen LogP contribution in [0.15, 0.2) is 29.8 Å². The summed E-state index contributed by atoms with van der Waals surface area (Å²) in [6.07, 6.45) is 2.80. The minimum atomic E-state index is 0.794. The number of hydrogen-bond acceptors (Lipinski definition) is 2. The molecule has 1 aromatic rings. The lowest BCUT2D eigenvalue weighted by molar-refractivity contribution is 0.802. The van der Waals surface area contributed by atoms with Gasteiger partial charge in [0.15, 0.2) is 0 Å². The van der Waals surface area contributed by atoms with Crippen LogP contribution in [0.25, 0.3) is 0 Å². The van der Waals surface area contributed by atoms with E-state index in [2.05, 4.69) is 17.0 Å². The van der Waals surface area contributed by atoms with Gasteiger partial charge in [-0.25, -0.2) is 0 Å². The first kappa shape index (κ1) is 11.0. The molecule has 2 rings (SSSR count). The average molecular weight is 233 g/mol. The molecule has 0 saturated heterocycles. The van der Waals surface area contributed by atoms with E-state index in [9.17, 15) is 0 Å². The minimum Gasteiger partial charge on any atom is -0.367 e. The quantitative estimate of drug-likeness (QED) is 0.743. The number of aryl methyl sites for hydroxylation is 1. The summed E-state index contributed by atoms with van der Waals surface area (Å²) in [5.41, 5.74) is 3.11. The second-order valence-electron chi connectivity index (χ2n) is 3.97. The van der Waals surface area contributed by atoms with E-state index < -0.39 is 0 Å². The zero-order chi connectivity index (χ0) is 11.5. The predicted molar refractivity (Wildman–Crippen MR) is 66.7 cm³/mol. The first-order chi connectivity index (χ1) is 7.70. The van der Waals surface area contributed by atoms with Crippen LogP contribution in [0, 0.1) is 18.3 Å². The molecule has 0 aliphatic carbocycles. The van der Waals surface area contributed by atoms with Gasteiger partial charge in [0.05, 0.1) is 6.07 Å². The van der Waals surface area contributed by atoms with E-state index in [1.807, 2.05) is 25.1 Å². The Labute approximate surface area is 101 Å². The lowest BCUT2D eigenvalue weighted by Crippen LogP contribution is -2.28. The summed E-state index contributed by atoms with van der Waals surface area (Å²) in [5, 5.41) is 9.57. The molecular weight excluding hydrogens is 220 g/mol. The molecule has 0 spiro atoms. The number of anilines is 1. The van der Waals surface area contributed by atoms with Crippen LogP contribution in [-0.4, -0.2) is 13.1 Å². The van der Waals surface area contributed by atoms with Crippen LogP contribution in [0.2, 0.25) is 5.02 Å². The molecule has 1 heterocycles. The van der Waals surface area contributed by atoms with Crippen molar-refractivity contribution in [3.8, 4) is 6.07 Å². The van der Waals surface area contributed by atoms with Gasteiger partial charge in [0.2, 0.25) is 0 Å². The third-order valence-corrected chi connectivity index (χ3v) is 3.28. The molecule has 0 bridgehead atoms. The average Bonchev–Trinajstić information content (AvgIpc) is 2.33. The van der Waals surface area contributed by atoms with Gasteiger partial charge in [0, 0.05) is 29.4 Å². The molecule has 1 aliphatic rings. The molecule has 0 saturated carbocycles. The van der Waals surface area contributed by atoms with E-state index in [0.29, 0.717) is 0 Å². The summed E-state index contributed by atoms with van der Waals surface area (Å²) in [6.45, 7) is 3.68. The Bertz CT molecular complexity index is 471. The van der Waals surface area contributed by atoms with Gasteiger partial charge in [-0.1, -0.05) is 23.7 Å². The largest absolute Gasteiger partial charge is 0.367 e.